The van der Waals surface area contributed by atoms with E-state index in [9.17, 15) is 5.11 Å². The first-order valence-electron chi connectivity index (χ1n) is 5.95. The number of aromatic nitrogens is 2. The van der Waals surface area contributed by atoms with Gasteiger partial charge < -0.3 is 10.1 Å². The summed E-state index contributed by atoms with van der Waals surface area (Å²) in [6.45, 7) is 2.05. The van der Waals surface area contributed by atoms with Crippen LogP contribution in [-0.4, -0.2) is 15.1 Å². The number of rotatable bonds is 2. The van der Waals surface area contributed by atoms with E-state index in [-0.39, 0.29) is 0 Å². The van der Waals surface area contributed by atoms with Crippen molar-refractivity contribution in [3.05, 3.63) is 59.4 Å². The zero-order chi connectivity index (χ0) is 12.5. The Morgan fingerprint density at radius 1 is 1.11 bits per heavy atom. The number of nitrogens with one attached hydrogen (secondary N) is 1. The van der Waals surface area contributed by atoms with Crippen LogP contribution in [0.3, 0.4) is 0 Å². The van der Waals surface area contributed by atoms with Crippen LogP contribution in [0.1, 0.15) is 17.0 Å². The summed E-state index contributed by atoms with van der Waals surface area (Å²) in [5.41, 5.74) is 4.09. The smallest absolute Gasteiger partial charge is 0.119 e. The van der Waals surface area contributed by atoms with Crippen molar-refractivity contribution in [2.45, 2.75) is 13.3 Å². The Morgan fingerprint density at radius 2 is 1.94 bits per heavy atom. The highest BCUT2D eigenvalue weighted by Gasteiger charge is 2.07. The van der Waals surface area contributed by atoms with Crippen molar-refractivity contribution in [2.75, 3.05) is 0 Å². The fraction of sp³-hybridized carbons (Fsp3) is 0.133. The molecule has 0 radical (unpaired) electrons. The Balaban J connectivity index is 2.01. The maximum Gasteiger partial charge on any atom is 0.119 e. The van der Waals surface area contributed by atoms with Crippen LogP contribution in [0.25, 0.3) is 11.0 Å². The van der Waals surface area contributed by atoms with Gasteiger partial charge in [-0.05, 0) is 24.6 Å². The summed E-state index contributed by atoms with van der Waals surface area (Å²) in [5, 5.41) is 9.76. The maximum absolute atomic E-state index is 9.76. The van der Waals surface area contributed by atoms with Gasteiger partial charge >= 0.3 is 0 Å². The Kier molecular flexibility index (Phi) is 2.52. The van der Waals surface area contributed by atoms with E-state index in [0.717, 1.165) is 28.0 Å². The molecule has 0 saturated carbocycles. The Hall–Kier alpha value is -2.29. The summed E-state index contributed by atoms with van der Waals surface area (Å²) < 4.78 is 0. The Bertz CT molecular complexity index is 701. The van der Waals surface area contributed by atoms with Crippen LogP contribution in [-0.2, 0) is 6.42 Å². The number of aryl methyl sites for hydroxylation is 1. The van der Waals surface area contributed by atoms with Crippen LogP contribution in [0.2, 0.25) is 0 Å². The first-order chi connectivity index (χ1) is 8.74. The number of para-hydroxylation sites is 2. The lowest BCUT2D eigenvalue weighted by Gasteiger charge is -2.00. The molecule has 0 aliphatic carbocycles. The van der Waals surface area contributed by atoms with Crippen molar-refractivity contribution in [3.8, 4) is 5.75 Å². The van der Waals surface area contributed by atoms with Gasteiger partial charge in [-0.15, -0.1) is 0 Å². The lowest BCUT2D eigenvalue weighted by molar-refractivity contribution is 0.469. The summed E-state index contributed by atoms with van der Waals surface area (Å²) in [4.78, 5) is 7.87. The minimum absolute atomic E-state index is 0.315. The SMILES string of the molecule is Cc1cccc2[nH]c(Cc3ccccc3O)nc12. The third kappa shape index (κ3) is 1.84. The number of hydrogen-bond donors (Lipinski definition) is 2. The molecule has 18 heavy (non-hydrogen) atoms. The highest BCUT2D eigenvalue weighted by molar-refractivity contribution is 5.78. The van der Waals surface area contributed by atoms with Gasteiger partial charge in [-0.3, -0.25) is 0 Å². The van der Waals surface area contributed by atoms with Gasteiger partial charge in [0, 0.05) is 12.0 Å². The maximum atomic E-state index is 9.76. The fourth-order valence-electron chi connectivity index (χ4n) is 2.15. The predicted molar refractivity (Wildman–Crippen MR) is 71.7 cm³/mol. The van der Waals surface area contributed by atoms with Crippen LogP contribution in [0.15, 0.2) is 42.5 Å². The summed E-state index contributed by atoms with van der Waals surface area (Å²) in [6, 6.07) is 13.4. The van der Waals surface area contributed by atoms with Crippen molar-refractivity contribution in [2.24, 2.45) is 0 Å². The number of nitrogens with zero attached hydrogens (tertiary/aromatic N) is 1. The molecule has 3 heteroatoms. The number of H-pyrrole nitrogens is 1. The molecule has 0 saturated heterocycles. The van der Waals surface area contributed by atoms with Crippen molar-refractivity contribution in [3.63, 3.8) is 0 Å². The van der Waals surface area contributed by atoms with E-state index < -0.39 is 0 Å². The van der Waals surface area contributed by atoms with Crippen LogP contribution < -0.4 is 0 Å². The predicted octanol–water partition coefficient (Wildman–Crippen LogP) is 3.17. The monoisotopic (exact) mass is 238 g/mol. The van der Waals surface area contributed by atoms with Crippen molar-refractivity contribution < 1.29 is 5.11 Å². The lowest BCUT2D eigenvalue weighted by atomic mass is 10.1. The van der Waals surface area contributed by atoms with Gasteiger partial charge in [-0.1, -0.05) is 30.3 Å². The molecular weight excluding hydrogens is 224 g/mol. The molecule has 3 nitrogen and oxygen atoms in total. The number of aromatic hydroxyl groups is 1. The number of aromatic amines is 1. The van der Waals surface area contributed by atoms with E-state index in [0.29, 0.717) is 12.2 Å². The lowest BCUT2D eigenvalue weighted by Crippen LogP contribution is -1.90. The van der Waals surface area contributed by atoms with Crippen molar-refractivity contribution >= 4 is 11.0 Å². The topological polar surface area (TPSA) is 48.9 Å². The number of phenols is 1. The molecule has 0 fully saturated rings. The number of hydrogen-bond acceptors (Lipinski definition) is 2. The normalized spacial score (nSPS) is 10.9. The van der Waals surface area contributed by atoms with Crippen LogP contribution >= 0.6 is 0 Å². The first kappa shape index (κ1) is 10.8. The summed E-state index contributed by atoms with van der Waals surface area (Å²) >= 11 is 0. The standard InChI is InChI=1S/C15H14N2O/c1-10-5-4-7-12-15(10)17-14(16-12)9-11-6-2-3-8-13(11)18/h2-8,18H,9H2,1H3,(H,16,17). The summed E-state index contributed by atoms with van der Waals surface area (Å²) in [5.74, 6) is 1.19. The molecule has 90 valence electrons. The Labute approximate surface area is 105 Å². The van der Waals surface area contributed by atoms with E-state index in [4.69, 9.17) is 0 Å². The number of phenolic OH excluding ortho intramolecular Hbond substituents is 1. The highest BCUT2D eigenvalue weighted by Crippen LogP contribution is 2.21. The molecule has 3 rings (SSSR count). The fourth-order valence-corrected chi connectivity index (χ4v) is 2.15. The molecular formula is C15H14N2O. The highest BCUT2D eigenvalue weighted by atomic mass is 16.3. The molecule has 1 aromatic heterocycles. The third-order valence-electron chi connectivity index (χ3n) is 3.11. The van der Waals surface area contributed by atoms with Gasteiger partial charge in [0.05, 0.1) is 11.0 Å². The molecule has 0 aliphatic rings. The minimum atomic E-state index is 0.315. The third-order valence-corrected chi connectivity index (χ3v) is 3.11. The molecule has 0 spiro atoms. The second-order valence-corrected chi connectivity index (χ2v) is 4.46. The average Bonchev–Trinajstić information content (AvgIpc) is 2.76. The number of fused-ring (bicyclic) bond motifs is 1. The zero-order valence-corrected chi connectivity index (χ0v) is 10.1. The first-order valence-corrected chi connectivity index (χ1v) is 5.95. The largest absolute Gasteiger partial charge is 0.508 e. The number of imidazole rings is 1. The molecule has 0 atom stereocenters. The average molecular weight is 238 g/mol. The van der Waals surface area contributed by atoms with E-state index >= 15 is 0 Å². The molecule has 0 unspecified atom stereocenters. The molecule has 0 bridgehead atoms. The quantitative estimate of drug-likeness (QED) is 0.720. The van der Waals surface area contributed by atoms with Crippen LogP contribution in [0.5, 0.6) is 5.75 Å². The molecule has 0 amide bonds. The van der Waals surface area contributed by atoms with E-state index in [1.54, 1.807) is 6.07 Å². The van der Waals surface area contributed by atoms with Gasteiger partial charge in [0.1, 0.15) is 11.6 Å². The second-order valence-electron chi connectivity index (χ2n) is 4.46. The molecule has 1 heterocycles. The summed E-state index contributed by atoms with van der Waals surface area (Å²) in [6.07, 6.45) is 0.612. The number of benzene rings is 2. The molecule has 0 aliphatic heterocycles. The van der Waals surface area contributed by atoms with E-state index in [1.807, 2.05) is 43.3 Å². The van der Waals surface area contributed by atoms with E-state index in [1.165, 1.54) is 0 Å². The summed E-state index contributed by atoms with van der Waals surface area (Å²) in [7, 11) is 0. The molecule has 3 aromatic rings. The van der Waals surface area contributed by atoms with Gasteiger partial charge in [0.15, 0.2) is 0 Å². The van der Waals surface area contributed by atoms with Crippen LogP contribution in [0, 0.1) is 6.92 Å². The Morgan fingerprint density at radius 3 is 2.72 bits per heavy atom. The van der Waals surface area contributed by atoms with Gasteiger partial charge in [0.2, 0.25) is 0 Å². The molecule has 2 N–H and O–H groups in total. The zero-order valence-electron chi connectivity index (χ0n) is 10.1. The minimum Gasteiger partial charge on any atom is -0.508 e. The van der Waals surface area contributed by atoms with Gasteiger partial charge in [-0.25, -0.2) is 4.98 Å². The van der Waals surface area contributed by atoms with Crippen molar-refractivity contribution in [1.29, 1.82) is 0 Å². The van der Waals surface area contributed by atoms with Crippen LogP contribution in [0.4, 0.5) is 0 Å². The second kappa shape index (κ2) is 4.18. The molecule has 2 aromatic carbocycles. The van der Waals surface area contributed by atoms with Gasteiger partial charge in [0.25, 0.3) is 0 Å². The van der Waals surface area contributed by atoms with Gasteiger partial charge in [-0.2, -0.15) is 0 Å². The van der Waals surface area contributed by atoms with E-state index in [2.05, 4.69) is 9.97 Å². The van der Waals surface area contributed by atoms with Crippen molar-refractivity contribution in [1.82, 2.24) is 9.97 Å².